The Labute approximate surface area is 150 Å². The van der Waals surface area contributed by atoms with Gasteiger partial charge in [0.25, 0.3) is 10.0 Å². The van der Waals surface area contributed by atoms with Gasteiger partial charge >= 0.3 is 0 Å². The fraction of sp³-hybridized carbons (Fsp3) is 0.312. The molecule has 2 heterocycles. The summed E-state index contributed by atoms with van der Waals surface area (Å²) >= 11 is 7.25. The minimum absolute atomic E-state index is 0.191. The van der Waals surface area contributed by atoms with Gasteiger partial charge in [-0.1, -0.05) is 29.8 Å². The van der Waals surface area contributed by atoms with Crippen molar-refractivity contribution in [3.63, 3.8) is 0 Å². The van der Waals surface area contributed by atoms with Gasteiger partial charge in [0.1, 0.15) is 4.21 Å². The van der Waals surface area contributed by atoms with Crippen LogP contribution in [0.3, 0.4) is 0 Å². The van der Waals surface area contributed by atoms with Crippen molar-refractivity contribution in [1.82, 2.24) is 4.31 Å². The molecule has 1 aromatic heterocycles. The molecule has 24 heavy (non-hydrogen) atoms. The lowest BCUT2D eigenvalue weighted by Crippen LogP contribution is -2.43. The first-order chi connectivity index (χ1) is 11.5. The van der Waals surface area contributed by atoms with Crippen molar-refractivity contribution in [1.29, 1.82) is 0 Å². The topological polar surface area (TPSA) is 66.5 Å². The van der Waals surface area contributed by atoms with E-state index in [4.69, 9.17) is 11.6 Å². The van der Waals surface area contributed by atoms with Gasteiger partial charge in [-0.3, -0.25) is 4.79 Å². The summed E-state index contributed by atoms with van der Waals surface area (Å²) in [6.45, 7) is 0.632. The molecular weight excluding hydrogens is 368 g/mol. The summed E-state index contributed by atoms with van der Waals surface area (Å²) in [7, 11) is -3.52. The minimum atomic E-state index is -3.52. The molecule has 128 valence electrons. The lowest BCUT2D eigenvalue weighted by molar-refractivity contribution is -0.120. The predicted molar refractivity (Wildman–Crippen MR) is 95.9 cm³/mol. The molecule has 0 saturated carbocycles. The number of carbonyl (C=O) groups excluding carboxylic acids is 1. The number of piperidine rings is 1. The number of sulfonamides is 1. The van der Waals surface area contributed by atoms with Crippen molar-refractivity contribution in [3.8, 4) is 0 Å². The molecule has 5 nitrogen and oxygen atoms in total. The van der Waals surface area contributed by atoms with Gasteiger partial charge in [-0.15, -0.1) is 11.3 Å². The summed E-state index contributed by atoms with van der Waals surface area (Å²) in [5, 5.41) is 4.99. The van der Waals surface area contributed by atoms with Crippen LogP contribution in [0.5, 0.6) is 0 Å². The van der Waals surface area contributed by atoms with Crippen LogP contribution in [0.2, 0.25) is 5.02 Å². The fourth-order valence-corrected chi connectivity index (χ4v) is 5.56. The van der Waals surface area contributed by atoms with Crippen molar-refractivity contribution in [3.05, 3.63) is 46.8 Å². The normalized spacial score (nSPS) is 19.1. The van der Waals surface area contributed by atoms with Crippen LogP contribution < -0.4 is 5.32 Å². The van der Waals surface area contributed by atoms with E-state index in [1.807, 2.05) is 0 Å². The Kier molecular flexibility index (Phi) is 5.24. The van der Waals surface area contributed by atoms with Crippen LogP contribution in [-0.4, -0.2) is 31.7 Å². The highest BCUT2D eigenvalue weighted by atomic mass is 35.5. The van der Waals surface area contributed by atoms with E-state index in [2.05, 4.69) is 5.32 Å². The average Bonchev–Trinajstić information content (AvgIpc) is 3.12. The molecule has 1 fully saturated rings. The third-order valence-electron chi connectivity index (χ3n) is 3.98. The molecule has 3 rings (SSSR count). The molecule has 8 heteroatoms. The highest BCUT2D eigenvalue weighted by molar-refractivity contribution is 7.91. The number of halogens is 1. The molecule has 0 radical (unpaired) electrons. The standard InChI is InChI=1S/C16H17ClN2O3S2/c17-13-6-1-2-7-14(13)18-16(20)12-5-3-9-19(11-12)24(21,22)15-8-4-10-23-15/h1-2,4,6-8,10,12H,3,5,9,11H2,(H,18,20)/t12-/m0/s1. The molecule has 0 bridgehead atoms. The molecule has 0 unspecified atom stereocenters. The zero-order chi connectivity index (χ0) is 17.2. The first-order valence-corrected chi connectivity index (χ1v) is 10.3. The fourth-order valence-electron chi connectivity index (χ4n) is 2.71. The molecule has 1 aliphatic heterocycles. The van der Waals surface area contributed by atoms with E-state index < -0.39 is 10.0 Å². The molecule has 0 aliphatic carbocycles. The van der Waals surface area contributed by atoms with E-state index in [0.29, 0.717) is 34.3 Å². The van der Waals surface area contributed by atoms with Gasteiger partial charge in [0.05, 0.1) is 16.6 Å². The van der Waals surface area contributed by atoms with Crippen LogP contribution in [0.4, 0.5) is 5.69 Å². The monoisotopic (exact) mass is 384 g/mol. The molecule has 1 aromatic carbocycles. The number of nitrogens with one attached hydrogen (secondary N) is 1. The number of anilines is 1. The lowest BCUT2D eigenvalue weighted by atomic mass is 9.99. The van der Waals surface area contributed by atoms with Gasteiger partial charge in [-0.05, 0) is 36.4 Å². The van der Waals surface area contributed by atoms with Crippen molar-refractivity contribution >= 4 is 44.6 Å². The van der Waals surface area contributed by atoms with Crippen LogP contribution in [0.15, 0.2) is 46.0 Å². The number of benzene rings is 1. The van der Waals surface area contributed by atoms with Gasteiger partial charge in [-0.2, -0.15) is 4.31 Å². The second-order valence-corrected chi connectivity index (χ2v) is 9.12. The van der Waals surface area contributed by atoms with Crippen molar-refractivity contribution in [2.45, 2.75) is 17.1 Å². The Morgan fingerprint density at radius 3 is 2.75 bits per heavy atom. The maximum Gasteiger partial charge on any atom is 0.252 e. The number of carbonyl (C=O) groups is 1. The van der Waals surface area contributed by atoms with Crippen LogP contribution in [0, 0.1) is 5.92 Å². The Balaban J connectivity index is 1.72. The third kappa shape index (κ3) is 3.64. The predicted octanol–water partition coefficient (Wildman–Crippen LogP) is 3.44. The Morgan fingerprint density at radius 1 is 1.25 bits per heavy atom. The lowest BCUT2D eigenvalue weighted by Gasteiger charge is -2.30. The first kappa shape index (κ1) is 17.4. The van der Waals surface area contributed by atoms with E-state index in [1.165, 1.54) is 15.6 Å². The number of nitrogens with zero attached hydrogens (tertiary/aromatic N) is 1. The maximum atomic E-state index is 12.6. The zero-order valence-electron chi connectivity index (χ0n) is 12.8. The smallest absolute Gasteiger partial charge is 0.252 e. The Morgan fingerprint density at radius 2 is 2.04 bits per heavy atom. The first-order valence-electron chi connectivity index (χ1n) is 7.57. The Hall–Kier alpha value is -1.41. The largest absolute Gasteiger partial charge is 0.324 e. The van der Waals surface area contributed by atoms with Crippen LogP contribution in [0.25, 0.3) is 0 Å². The quantitative estimate of drug-likeness (QED) is 0.878. The zero-order valence-corrected chi connectivity index (χ0v) is 15.2. The number of amides is 1. The molecule has 1 atom stereocenters. The van der Waals surface area contributed by atoms with Crippen LogP contribution >= 0.6 is 22.9 Å². The highest BCUT2D eigenvalue weighted by Gasteiger charge is 2.33. The van der Waals surface area contributed by atoms with Gasteiger partial charge in [0.15, 0.2) is 0 Å². The van der Waals surface area contributed by atoms with Crippen molar-refractivity contribution in [2.75, 3.05) is 18.4 Å². The van der Waals surface area contributed by atoms with E-state index in [-0.39, 0.29) is 18.4 Å². The molecule has 1 aliphatic rings. The minimum Gasteiger partial charge on any atom is -0.324 e. The molecule has 1 saturated heterocycles. The molecular formula is C16H17ClN2O3S2. The van der Waals surface area contributed by atoms with E-state index in [0.717, 1.165) is 0 Å². The molecule has 2 aromatic rings. The highest BCUT2D eigenvalue weighted by Crippen LogP contribution is 2.28. The van der Waals surface area contributed by atoms with E-state index in [9.17, 15) is 13.2 Å². The summed E-state index contributed by atoms with van der Waals surface area (Å²) in [6.07, 6.45) is 1.32. The summed E-state index contributed by atoms with van der Waals surface area (Å²) in [5.74, 6) is -0.584. The summed E-state index contributed by atoms with van der Waals surface area (Å²) in [5.41, 5.74) is 0.544. The number of thiophene rings is 1. The van der Waals surface area contributed by atoms with Gasteiger partial charge in [-0.25, -0.2) is 8.42 Å². The SMILES string of the molecule is O=C(Nc1ccccc1Cl)[C@H]1CCCN(S(=O)(=O)c2cccs2)C1. The van der Waals surface area contributed by atoms with Crippen molar-refractivity contribution in [2.24, 2.45) is 5.92 Å². The van der Waals surface area contributed by atoms with Crippen LogP contribution in [-0.2, 0) is 14.8 Å². The van der Waals surface area contributed by atoms with Gasteiger partial charge in [0, 0.05) is 13.1 Å². The summed E-state index contributed by atoms with van der Waals surface area (Å²) in [4.78, 5) is 12.5. The van der Waals surface area contributed by atoms with Crippen molar-refractivity contribution < 1.29 is 13.2 Å². The summed E-state index contributed by atoms with van der Waals surface area (Å²) in [6, 6.07) is 10.3. The van der Waals surface area contributed by atoms with E-state index in [1.54, 1.807) is 41.8 Å². The second-order valence-electron chi connectivity index (χ2n) is 5.60. The van der Waals surface area contributed by atoms with E-state index >= 15 is 0 Å². The second kappa shape index (κ2) is 7.23. The molecule has 1 N–H and O–H groups in total. The van der Waals surface area contributed by atoms with Crippen LogP contribution in [0.1, 0.15) is 12.8 Å². The third-order valence-corrected chi connectivity index (χ3v) is 7.54. The number of hydrogen-bond acceptors (Lipinski definition) is 4. The number of rotatable bonds is 4. The molecule has 1 amide bonds. The molecule has 0 spiro atoms. The van der Waals surface area contributed by atoms with Gasteiger partial charge in [0.2, 0.25) is 5.91 Å². The Bertz CT molecular complexity index is 822. The summed E-state index contributed by atoms with van der Waals surface area (Å²) < 4.78 is 26.9. The number of hydrogen-bond donors (Lipinski definition) is 1. The number of para-hydroxylation sites is 1. The van der Waals surface area contributed by atoms with Gasteiger partial charge < -0.3 is 5.32 Å². The average molecular weight is 385 g/mol. The maximum absolute atomic E-state index is 12.6.